The van der Waals surface area contributed by atoms with Crippen LogP contribution in [0.5, 0.6) is 11.5 Å². The molecule has 5 rings (SSSR count). The zero-order valence-electron chi connectivity index (χ0n) is 22.6. The van der Waals surface area contributed by atoms with Gasteiger partial charge in [-0.25, -0.2) is 0 Å². The summed E-state index contributed by atoms with van der Waals surface area (Å²) < 4.78 is 22.0. The van der Waals surface area contributed by atoms with Crippen molar-refractivity contribution in [1.82, 2.24) is 14.7 Å². The second kappa shape index (κ2) is 13.8. The summed E-state index contributed by atoms with van der Waals surface area (Å²) in [4.78, 5) is 32.8. The molecule has 0 aliphatic carbocycles. The van der Waals surface area contributed by atoms with Crippen LogP contribution in [0.25, 0.3) is 6.08 Å². The molecule has 9 nitrogen and oxygen atoms in total. The lowest BCUT2D eigenvalue weighted by Crippen LogP contribution is -2.43. The predicted molar refractivity (Wildman–Crippen MR) is 149 cm³/mol. The minimum atomic E-state index is -0.194. The van der Waals surface area contributed by atoms with E-state index in [1.54, 1.807) is 34.3 Å². The fourth-order valence-electron chi connectivity index (χ4n) is 4.76. The first kappa shape index (κ1) is 27.5. The predicted octanol–water partition coefficient (Wildman–Crippen LogP) is 3.80. The van der Waals surface area contributed by atoms with Gasteiger partial charge in [-0.2, -0.15) is 0 Å². The molecule has 0 bridgehead atoms. The number of furan rings is 1. The third kappa shape index (κ3) is 7.74. The zero-order chi connectivity index (χ0) is 27.6. The summed E-state index contributed by atoms with van der Waals surface area (Å²) in [6, 6.07) is 19.0. The van der Waals surface area contributed by atoms with Gasteiger partial charge in [0.2, 0.25) is 18.6 Å². The summed E-state index contributed by atoms with van der Waals surface area (Å²) in [5.41, 5.74) is 1.83. The van der Waals surface area contributed by atoms with Gasteiger partial charge >= 0.3 is 0 Å². The van der Waals surface area contributed by atoms with Crippen molar-refractivity contribution in [2.24, 2.45) is 0 Å². The first-order chi connectivity index (χ1) is 19.6. The lowest BCUT2D eigenvalue weighted by atomic mass is 10.1. The van der Waals surface area contributed by atoms with E-state index in [0.29, 0.717) is 30.3 Å². The van der Waals surface area contributed by atoms with Crippen LogP contribution in [0.2, 0.25) is 0 Å². The Balaban J connectivity index is 1.29. The molecule has 1 aromatic heterocycles. The van der Waals surface area contributed by atoms with Gasteiger partial charge in [-0.1, -0.05) is 36.4 Å². The van der Waals surface area contributed by atoms with Crippen LogP contribution in [-0.4, -0.2) is 79.2 Å². The smallest absolute Gasteiger partial charge is 0.247 e. The molecule has 0 unspecified atom stereocenters. The van der Waals surface area contributed by atoms with Gasteiger partial charge < -0.3 is 28.4 Å². The highest BCUT2D eigenvalue weighted by Crippen LogP contribution is 2.33. The first-order valence-corrected chi connectivity index (χ1v) is 13.6. The number of carbonyl (C=O) groups is 2. The molecule has 3 aromatic rings. The van der Waals surface area contributed by atoms with E-state index in [1.807, 2.05) is 54.6 Å². The Bertz CT molecular complexity index is 1270. The van der Waals surface area contributed by atoms with E-state index in [2.05, 4.69) is 4.90 Å². The van der Waals surface area contributed by atoms with Gasteiger partial charge in [0.25, 0.3) is 0 Å². The summed E-state index contributed by atoms with van der Waals surface area (Å²) >= 11 is 0. The fraction of sp³-hybridized carbons (Fsp3) is 0.355. The highest BCUT2D eigenvalue weighted by Gasteiger charge is 2.23. The number of rotatable bonds is 12. The van der Waals surface area contributed by atoms with Gasteiger partial charge in [0.1, 0.15) is 12.3 Å². The molecule has 0 N–H and O–H groups in total. The molecule has 2 aliphatic heterocycles. The number of hydrogen-bond donors (Lipinski definition) is 0. The Morgan fingerprint density at radius 3 is 2.52 bits per heavy atom. The molecule has 3 heterocycles. The maximum atomic E-state index is 13.7. The highest BCUT2D eigenvalue weighted by atomic mass is 16.7. The van der Waals surface area contributed by atoms with Crippen molar-refractivity contribution in [3.8, 4) is 11.5 Å². The molecule has 0 radical (unpaired) electrons. The van der Waals surface area contributed by atoms with Crippen LogP contribution in [0, 0.1) is 0 Å². The Morgan fingerprint density at radius 1 is 0.900 bits per heavy atom. The van der Waals surface area contributed by atoms with E-state index >= 15 is 0 Å². The fourth-order valence-corrected chi connectivity index (χ4v) is 4.76. The quantitative estimate of drug-likeness (QED) is 0.320. The maximum Gasteiger partial charge on any atom is 0.247 e. The van der Waals surface area contributed by atoms with Crippen molar-refractivity contribution >= 4 is 17.9 Å². The van der Waals surface area contributed by atoms with E-state index in [4.69, 9.17) is 18.6 Å². The molecule has 1 saturated heterocycles. The Labute approximate surface area is 234 Å². The molecule has 40 heavy (non-hydrogen) atoms. The average Bonchev–Trinajstić information content (AvgIpc) is 3.68. The lowest BCUT2D eigenvalue weighted by Gasteiger charge is -2.29. The summed E-state index contributed by atoms with van der Waals surface area (Å²) in [6.45, 7) is 5.31. The highest BCUT2D eigenvalue weighted by molar-refractivity contribution is 5.94. The maximum absolute atomic E-state index is 13.7. The van der Waals surface area contributed by atoms with Crippen LogP contribution in [-0.2, 0) is 27.4 Å². The second-order valence-electron chi connectivity index (χ2n) is 9.83. The number of nitrogens with zero attached hydrogens (tertiary/aromatic N) is 3. The third-order valence-electron chi connectivity index (χ3n) is 6.95. The van der Waals surface area contributed by atoms with Gasteiger partial charge in [0, 0.05) is 38.8 Å². The lowest BCUT2D eigenvalue weighted by molar-refractivity contribution is -0.139. The van der Waals surface area contributed by atoms with Crippen molar-refractivity contribution < 1.29 is 28.2 Å². The molecule has 0 saturated carbocycles. The van der Waals surface area contributed by atoms with Gasteiger partial charge in [-0.15, -0.1) is 0 Å². The average molecular weight is 546 g/mol. The molecule has 9 heteroatoms. The summed E-state index contributed by atoms with van der Waals surface area (Å²) in [5, 5.41) is 0. The number of amides is 2. The molecule has 2 aromatic carbocycles. The van der Waals surface area contributed by atoms with Crippen molar-refractivity contribution in [3.05, 3.63) is 89.9 Å². The molecular weight excluding hydrogens is 510 g/mol. The SMILES string of the molecule is O=C(C=Cc1ccccc1)N(CCCN1CCOCC1)CC(=O)N(Cc1ccc2c(c1)OCO2)Cc1ccco1. The standard InChI is InChI=1S/C31H35N3O6/c35-30(12-10-25-6-2-1-3-7-25)33(14-5-13-32-15-18-37-19-16-32)23-31(36)34(22-27-8-4-17-38-27)21-26-9-11-28-29(20-26)40-24-39-28/h1-4,6-12,17,20H,5,13-16,18-19,21-24H2. The number of carbonyl (C=O) groups excluding carboxylic acids is 2. The van der Waals surface area contributed by atoms with Crippen molar-refractivity contribution in [2.45, 2.75) is 19.5 Å². The summed E-state index contributed by atoms with van der Waals surface area (Å²) in [7, 11) is 0. The third-order valence-corrected chi connectivity index (χ3v) is 6.95. The van der Waals surface area contributed by atoms with E-state index in [0.717, 1.165) is 50.4 Å². The van der Waals surface area contributed by atoms with Gasteiger partial charge in [0.05, 0.1) is 26.0 Å². The first-order valence-electron chi connectivity index (χ1n) is 13.6. The molecule has 0 spiro atoms. The van der Waals surface area contributed by atoms with Gasteiger partial charge in [-0.05, 0) is 47.9 Å². The van der Waals surface area contributed by atoms with Crippen molar-refractivity contribution in [3.63, 3.8) is 0 Å². The number of fused-ring (bicyclic) bond motifs is 1. The van der Waals surface area contributed by atoms with Crippen LogP contribution in [0.3, 0.4) is 0 Å². The minimum absolute atomic E-state index is 0.0354. The van der Waals surface area contributed by atoms with E-state index in [-0.39, 0.29) is 31.7 Å². The van der Waals surface area contributed by atoms with Gasteiger partial charge in [-0.3, -0.25) is 14.5 Å². The summed E-state index contributed by atoms with van der Waals surface area (Å²) in [6.07, 6.45) is 5.69. The normalized spacial score (nSPS) is 14.9. The van der Waals surface area contributed by atoms with E-state index < -0.39 is 0 Å². The molecule has 2 amide bonds. The molecule has 2 aliphatic rings. The zero-order valence-corrected chi connectivity index (χ0v) is 22.6. The van der Waals surface area contributed by atoms with E-state index in [1.165, 1.54) is 0 Å². The van der Waals surface area contributed by atoms with E-state index in [9.17, 15) is 9.59 Å². The van der Waals surface area contributed by atoms with Crippen molar-refractivity contribution in [2.75, 3.05) is 52.7 Å². The Morgan fingerprint density at radius 2 is 1.73 bits per heavy atom. The topological polar surface area (TPSA) is 84.7 Å². The van der Waals surface area contributed by atoms with Crippen LogP contribution < -0.4 is 9.47 Å². The van der Waals surface area contributed by atoms with Crippen molar-refractivity contribution in [1.29, 1.82) is 0 Å². The van der Waals surface area contributed by atoms with Crippen LogP contribution in [0.15, 0.2) is 77.4 Å². The minimum Gasteiger partial charge on any atom is -0.467 e. The number of benzene rings is 2. The molecule has 1 fully saturated rings. The van der Waals surface area contributed by atoms with Crippen LogP contribution in [0.1, 0.15) is 23.3 Å². The molecule has 210 valence electrons. The number of hydrogen-bond acceptors (Lipinski definition) is 7. The van der Waals surface area contributed by atoms with Crippen LogP contribution >= 0.6 is 0 Å². The Kier molecular flexibility index (Phi) is 9.50. The largest absolute Gasteiger partial charge is 0.467 e. The molecule has 0 atom stereocenters. The Hall–Kier alpha value is -4.08. The summed E-state index contributed by atoms with van der Waals surface area (Å²) in [5.74, 6) is 1.66. The van der Waals surface area contributed by atoms with Gasteiger partial charge in [0.15, 0.2) is 11.5 Å². The molecular formula is C31H35N3O6. The number of morpholine rings is 1. The second-order valence-corrected chi connectivity index (χ2v) is 9.83. The van der Waals surface area contributed by atoms with Crippen LogP contribution in [0.4, 0.5) is 0 Å². The number of ether oxygens (including phenoxy) is 3. The monoisotopic (exact) mass is 545 g/mol.